The topological polar surface area (TPSA) is 62.1 Å². The van der Waals surface area contributed by atoms with E-state index in [0.717, 1.165) is 4.47 Å². The molecule has 2 aromatic rings. The number of ether oxygens (including phenoxy) is 1. The number of benzene rings is 2. The van der Waals surface area contributed by atoms with E-state index in [-0.39, 0.29) is 5.57 Å². The van der Waals surface area contributed by atoms with Gasteiger partial charge in [0.05, 0.1) is 17.8 Å². The second-order valence-corrected chi connectivity index (χ2v) is 6.39. The highest BCUT2D eigenvalue weighted by Gasteiger charge is 2.13. The summed E-state index contributed by atoms with van der Waals surface area (Å²) >= 11 is 15.2. The summed E-state index contributed by atoms with van der Waals surface area (Å²) in [6.45, 7) is 0. The molecule has 0 aliphatic rings. The monoisotopic (exact) mass is 424 g/mol. The molecule has 0 aliphatic carbocycles. The normalized spacial score (nSPS) is 10.9. The number of amides is 1. The number of rotatable bonds is 4. The van der Waals surface area contributed by atoms with Crippen LogP contribution in [0.4, 0.5) is 5.69 Å². The van der Waals surface area contributed by atoms with Crippen LogP contribution in [0.15, 0.2) is 46.4 Å². The van der Waals surface area contributed by atoms with Crippen LogP contribution in [-0.4, -0.2) is 13.0 Å². The van der Waals surface area contributed by atoms with Crippen LogP contribution in [0.2, 0.25) is 10.0 Å². The largest absolute Gasteiger partial charge is 0.496 e. The molecule has 1 amide bonds. The van der Waals surface area contributed by atoms with Gasteiger partial charge in [-0.25, -0.2) is 0 Å². The van der Waals surface area contributed by atoms with E-state index in [2.05, 4.69) is 21.2 Å². The molecule has 7 heteroatoms. The van der Waals surface area contributed by atoms with E-state index >= 15 is 0 Å². The molecule has 0 unspecified atom stereocenters. The average Bonchev–Trinajstić information content (AvgIpc) is 2.56. The molecule has 0 saturated carbocycles. The van der Waals surface area contributed by atoms with Crippen molar-refractivity contribution < 1.29 is 9.53 Å². The van der Waals surface area contributed by atoms with E-state index in [9.17, 15) is 10.1 Å². The van der Waals surface area contributed by atoms with Crippen LogP contribution < -0.4 is 10.1 Å². The number of anilines is 1. The minimum absolute atomic E-state index is 0.0950. The zero-order valence-electron chi connectivity index (χ0n) is 12.4. The quantitative estimate of drug-likeness (QED) is 0.533. The van der Waals surface area contributed by atoms with Gasteiger partial charge in [0.2, 0.25) is 0 Å². The van der Waals surface area contributed by atoms with E-state index in [1.165, 1.54) is 19.3 Å². The summed E-state index contributed by atoms with van der Waals surface area (Å²) in [5.41, 5.74) is 0.828. The minimum Gasteiger partial charge on any atom is -0.496 e. The molecule has 0 saturated heterocycles. The number of hydrogen-bond acceptors (Lipinski definition) is 3. The standard InChI is InChI=1S/C17H11BrCl2N2O2/c1-24-16-5-2-12(18)7-10(16)6-11(9-21)17(23)22-15-8-13(19)3-4-14(15)20/h2-8H,1H3,(H,22,23)/b11-6+. The van der Waals surface area contributed by atoms with Gasteiger partial charge in [-0.3, -0.25) is 4.79 Å². The van der Waals surface area contributed by atoms with Crippen molar-refractivity contribution in [1.29, 1.82) is 5.26 Å². The second-order valence-electron chi connectivity index (χ2n) is 4.63. The van der Waals surface area contributed by atoms with Crippen LogP contribution in [0, 0.1) is 11.3 Å². The first-order valence-corrected chi connectivity index (χ1v) is 8.21. The van der Waals surface area contributed by atoms with Gasteiger partial charge in [0.1, 0.15) is 17.4 Å². The SMILES string of the molecule is COc1ccc(Br)cc1/C=C(\C#N)C(=O)Nc1cc(Cl)ccc1Cl. The lowest BCUT2D eigenvalue weighted by Gasteiger charge is -2.08. The van der Waals surface area contributed by atoms with Crippen LogP contribution >= 0.6 is 39.1 Å². The van der Waals surface area contributed by atoms with Crippen molar-refractivity contribution >= 4 is 56.8 Å². The van der Waals surface area contributed by atoms with Gasteiger partial charge in [0, 0.05) is 15.1 Å². The summed E-state index contributed by atoms with van der Waals surface area (Å²) < 4.78 is 6.03. The molecular formula is C17H11BrCl2N2O2. The molecule has 2 aromatic carbocycles. The summed E-state index contributed by atoms with van der Waals surface area (Å²) in [4.78, 5) is 12.3. The van der Waals surface area contributed by atoms with Crippen molar-refractivity contribution in [3.8, 4) is 11.8 Å². The Hall–Kier alpha value is -2.00. The molecule has 0 atom stereocenters. The molecule has 0 fully saturated rings. The van der Waals surface area contributed by atoms with Crippen molar-refractivity contribution in [1.82, 2.24) is 0 Å². The fourth-order valence-electron chi connectivity index (χ4n) is 1.91. The first kappa shape index (κ1) is 18.3. The summed E-state index contributed by atoms with van der Waals surface area (Å²) in [6.07, 6.45) is 1.44. The molecule has 1 N–H and O–H groups in total. The highest BCUT2D eigenvalue weighted by Crippen LogP contribution is 2.27. The summed E-state index contributed by atoms with van der Waals surface area (Å²) in [6, 6.07) is 11.8. The first-order chi connectivity index (χ1) is 11.4. The van der Waals surface area contributed by atoms with Gasteiger partial charge in [-0.2, -0.15) is 5.26 Å². The number of halogens is 3. The van der Waals surface area contributed by atoms with Gasteiger partial charge in [0.15, 0.2) is 0 Å². The molecular weight excluding hydrogens is 415 g/mol. The first-order valence-electron chi connectivity index (χ1n) is 6.66. The van der Waals surface area contributed by atoms with Gasteiger partial charge >= 0.3 is 0 Å². The lowest BCUT2D eigenvalue weighted by Crippen LogP contribution is -2.13. The highest BCUT2D eigenvalue weighted by atomic mass is 79.9. The van der Waals surface area contributed by atoms with E-state index in [4.69, 9.17) is 27.9 Å². The molecule has 4 nitrogen and oxygen atoms in total. The van der Waals surface area contributed by atoms with Crippen molar-refractivity contribution in [2.24, 2.45) is 0 Å². The molecule has 0 heterocycles. The maximum absolute atomic E-state index is 12.3. The van der Waals surface area contributed by atoms with Crippen LogP contribution in [0.5, 0.6) is 5.75 Å². The molecule has 0 bridgehead atoms. The zero-order chi connectivity index (χ0) is 17.7. The Bertz CT molecular complexity index is 860. The van der Waals surface area contributed by atoms with E-state index < -0.39 is 5.91 Å². The molecule has 0 spiro atoms. The maximum Gasteiger partial charge on any atom is 0.266 e. The minimum atomic E-state index is -0.594. The van der Waals surface area contributed by atoms with Gasteiger partial charge < -0.3 is 10.1 Å². The van der Waals surface area contributed by atoms with Crippen molar-refractivity contribution in [2.45, 2.75) is 0 Å². The van der Waals surface area contributed by atoms with Gasteiger partial charge in [0.25, 0.3) is 5.91 Å². The van der Waals surface area contributed by atoms with Crippen molar-refractivity contribution in [3.63, 3.8) is 0 Å². The predicted octanol–water partition coefficient (Wildman–Crippen LogP) is 5.31. The smallest absolute Gasteiger partial charge is 0.266 e. The van der Waals surface area contributed by atoms with E-state index in [0.29, 0.717) is 27.0 Å². The van der Waals surface area contributed by atoms with Crippen LogP contribution in [-0.2, 0) is 4.79 Å². The second kappa shape index (κ2) is 8.20. The molecule has 0 aromatic heterocycles. The number of hydrogen-bond donors (Lipinski definition) is 1. The number of carbonyl (C=O) groups excluding carboxylic acids is 1. The van der Waals surface area contributed by atoms with Crippen molar-refractivity contribution in [2.75, 3.05) is 12.4 Å². The molecule has 0 radical (unpaired) electrons. The van der Waals surface area contributed by atoms with Crippen LogP contribution in [0.25, 0.3) is 6.08 Å². The number of nitrogens with one attached hydrogen (secondary N) is 1. The maximum atomic E-state index is 12.3. The third-order valence-electron chi connectivity index (χ3n) is 3.03. The Morgan fingerprint density at radius 3 is 2.71 bits per heavy atom. The number of nitriles is 1. The Morgan fingerprint density at radius 2 is 2.04 bits per heavy atom. The third kappa shape index (κ3) is 4.51. The van der Waals surface area contributed by atoms with E-state index in [1.807, 2.05) is 6.07 Å². The summed E-state index contributed by atoms with van der Waals surface area (Å²) in [5, 5.41) is 12.6. The lowest BCUT2D eigenvalue weighted by atomic mass is 10.1. The van der Waals surface area contributed by atoms with E-state index in [1.54, 1.807) is 30.3 Å². The van der Waals surface area contributed by atoms with Gasteiger partial charge in [-0.1, -0.05) is 39.1 Å². The highest BCUT2D eigenvalue weighted by molar-refractivity contribution is 9.10. The molecule has 122 valence electrons. The molecule has 0 aliphatic heterocycles. The number of carbonyl (C=O) groups is 1. The van der Waals surface area contributed by atoms with Crippen molar-refractivity contribution in [3.05, 3.63) is 62.1 Å². The Kier molecular flexibility index (Phi) is 6.27. The number of methoxy groups -OCH3 is 1. The molecule has 24 heavy (non-hydrogen) atoms. The van der Waals surface area contributed by atoms with Gasteiger partial charge in [-0.05, 0) is 42.5 Å². The Morgan fingerprint density at radius 1 is 1.29 bits per heavy atom. The average molecular weight is 426 g/mol. The Labute approximate surface area is 157 Å². The summed E-state index contributed by atoms with van der Waals surface area (Å²) in [5.74, 6) is -0.0526. The van der Waals surface area contributed by atoms with Crippen LogP contribution in [0.1, 0.15) is 5.56 Å². The zero-order valence-corrected chi connectivity index (χ0v) is 15.5. The fourth-order valence-corrected chi connectivity index (χ4v) is 2.62. The Balaban J connectivity index is 2.34. The van der Waals surface area contributed by atoms with Crippen LogP contribution in [0.3, 0.4) is 0 Å². The lowest BCUT2D eigenvalue weighted by molar-refractivity contribution is -0.112. The number of nitrogens with zero attached hydrogens (tertiary/aromatic N) is 1. The fraction of sp³-hybridized carbons (Fsp3) is 0.0588. The molecule has 2 rings (SSSR count). The predicted molar refractivity (Wildman–Crippen MR) is 99.4 cm³/mol. The summed E-state index contributed by atoms with van der Waals surface area (Å²) in [7, 11) is 1.51. The third-order valence-corrected chi connectivity index (χ3v) is 4.09. The van der Waals surface area contributed by atoms with Gasteiger partial charge in [-0.15, -0.1) is 0 Å².